The van der Waals surface area contributed by atoms with Crippen LogP contribution >= 0.6 is 0 Å². The van der Waals surface area contributed by atoms with Crippen LogP contribution in [0.2, 0.25) is 0 Å². The molecule has 0 aliphatic carbocycles. The second-order valence-electron chi connectivity index (χ2n) is 4.91. The van der Waals surface area contributed by atoms with E-state index in [4.69, 9.17) is 5.26 Å². The lowest BCUT2D eigenvalue weighted by Gasteiger charge is -2.08. The van der Waals surface area contributed by atoms with E-state index in [9.17, 15) is 4.79 Å². The summed E-state index contributed by atoms with van der Waals surface area (Å²) >= 11 is 0. The van der Waals surface area contributed by atoms with Crippen molar-refractivity contribution in [2.75, 3.05) is 0 Å². The second-order valence-corrected chi connectivity index (χ2v) is 4.91. The fourth-order valence-electron chi connectivity index (χ4n) is 2.21. The van der Waals surface area contributed by atoms with E-state index < -0.39 is 0 Å². The van der Waals surface area contributed by atoms with Crippen molar-refractivity contribution < 1.29 is 0 Å². The summed E-state index contributed by atoms with van der Waals surface area (Å²) < 4.78 is 1.62. The van der Waals surface area contributed by atoms with Gasteiger partial charge in [0.25, 0.3) is 5.56 Å². The van der Waals surface area contributed by atoms with Crippen LogP contribution in [0.15, 0.2) is 71.8 Å². The number of benzene rings is 2. The van der Waals surface area contributed by atoms with Gasteiger partial charge in [-0.05, 0) is 17.7 Å². The van der Waals surface area contributed by atoms with Crippen LogP contribution in [-0.2, 0) is 6.54 Å². The first-order valence-electron chi connectivity index (χ1n) is 6.87. The molecule has 0 unspecified atom stereocenters. The largest absolute Gasteiger partial charge is 0.308 e. The van der Waals surface area contributed by atoms with Crippen LogP contribution in [0.25, 0.3) is 11.3 Å². The van der Waals surface area contributed by atoms with Crippen LogP contribution in [-0.4, -0.2) is 9.55 Å². The predicted octanol–water partition coefficient (Wildman–Crippen LogP) is 2.83. The van der Waals surface area contributed by atoms with Gasteiger partial charge in [0.15, 0.2) is 0 Å². The molecular weight excluding hydrogens is 274 g/mol. The van der Waals surface area contributed by atoms with Crippen molar-refractivity contribution in [1.29, 1.82) is 5.26 Å². The Labute approximate surface area is 127 Å². The Morgan fingerprint density at radius 3 is 2.45 bits per heavy atom. The van der Waals surface area contributed by atoms with E-state index in [0.717, 1.165) is 16.8 Å². The molecule has 106 valence electrons. The Balaban J connectivity index is 1.93. The molecule has 0 atom stereocenters. The third-order valence-electron chi connectivity index (χ3n) is 3.38. The number of hydrogen-bond donors (Lipinski definition) is 0. The lowest BCUT2D eigenvalue weighted by molar-refractivity contribution is 0.750. The smallest absolute Gasteiger partial charge is 0.269 e. The van der Waals surface area contributed by atoms with Gasteiger partial charge in [0.1, 0.15) is 0 Å². The van der Waals surface area contributed by atoms with Crippen molar-refractivity contribution in [2.24, 2.45) is 0 Å². The van der Waals surface area contributed by atoms with Crippen LogP contribution in [0.1, 0.15) is 11.1 Å². The molecule has 4 heteroatoms. The van der Waals surface area contributed by atoms with Gasteiger partial charge in [-0.15, -0.1) is 0 Å². The predicted molar refractivity (Wildman–Crippen MR) is 84.2 cm³/mol. The van der Waals surface area contributed by atoms with Crippen LogP contribution < -0.4 is 5.56 Å². The van der Waals surface area contributed by atoms with E-state index >= 15 is 0 Å². The lowest BCUT2D eigenvalue weighted by atomic mass is 10.1. The maximum atomic E-state index is 12.0. The van der Waals surface area contributed by atoms with E-state index in [0.29, 0.717) is 12.1 Å². The third kappa shape index (κ3) is 2.94. The lowest BCUT2D eigenvalue weighted by Crippen LogP contribution is -2.20. The Morgan fingerprint density at radius 1 is 1.05 bits per heavy atom. The highest BCUT2D eigenvalue weighted by Gasteiger charge is 2.04. The Bertz CT molecular complexity index is 875. The van der Waals surface area contributed by atoms with Crippen molar-refractivity contribution in [3.63, 3.8) is 0 Å². The maximum Gasteiger partial charge on any atom is 0.269 e. The molecule has 1 heterocycles. The van der Waals surface area contributed by atoms with E-state index in [1.165, 1.54) is 6.20 Å². The monoisotopic (exact) mass is 287 g/mol. The fraction of sp³-hybridized carbons (Fsp3) is 0.0556. The zero-order chi connectivity index (χ0) is 15.4. The number of nitrogens with zero attached hydrogens (tertiary/aromatic N) is 3. The summed E-state index contributed by atoms with van der Waals surface area (Å²) in [6, 6.07) is 19.0. The van der Waals surface area contributed by atoms with Gasteiger partial charge in [-0.1, -0.05) is 42.5 Å². The first-order chi connectivity index (χ1) is 10.8. The normalized spacial score (nSPS) is 10.1. The molecule has 0 spiro atoms. The maximum absolute atomic E-state index is 12.0. The average Bonchev–Trinajstić information content (AvgIpc) is 2.58. The molecule has 0 saturated heterocycles. The molecule has 2 aromatic carbocycles. The molecule has 0 bridgehead atoms. The summed E-state index contributed by atoms with van der Waals surface area (Å²) in [5, 5.41) is 8.81. The van der Waals surface area contributed by atoms with Crippen LogP contribution in [0.3, 0.4) is 0 Å². The van der Waals surface area contributed by atoms with Gasteiger partial charge in [0.05, 0.1) is 30.1 Å². The molecule has 22 heavy (non-hydrogen) atoms. The van der Waals surface area contributed by atoms with Crippen molar-refractivity contribution in [3.8, 4) is 17.3 Å². The molecular formula is C18H13N3O. The average molecular weight is 287 g/mol. The van der Waals surface area contributed by atoms with E-state index in [1.807, 2.05) is 42.5 Å². The first-order valence-corrected chi connectivity index (χ1v) is 6.87. The number of aromatic nitrogens is 2. The highest BCUT2D eigenvalue weighted by Crippen LogP contribution is 2.14. The summed E-state index contributed by atoms with van der Waals surface area (Å²) in [7, 11) is 0. The summed E-state index contributed by atoms with van der Waals surface area (Å²) in [5.41, 5.74) is 3.15. The minimum absolute atomic E-state index is 0.149. The zero-order valence-electron chi connectivity index (χ0n) is 11.8. The van der Waals surface area contributed by atoms with Crippen LogP contribution in [0, 0.1) is 11.3 Å². The van der Waals surface area contributed by atoms with Gasteiger partial charge in [-0.25, -0.2) is 4.98 Å². The van der Waals surface area contributed by atoms with Crippen LogP contribution in [0.5, 0.6) is 0 Å². The van der Waals surface area contributed by atoms with Crippen LogP contribution in [0.4, 0.5) is 0 Å². The molecule has 0 N–H and O–H groups in total. The van der Waals surface area contributed by atoms with Gasteiger partial charge in [-0.2, -0.15) is 5.26 Å². The van der Waals surface area contributed by atoms with E-state index in [2.05, 4.69) is 11.1 Å². The highest BCUT2D eigenvalue weighted by molar-refractivity contribution is 5.57. The molecule has 0 radical (unpaired) electrons. The number of hydrogen-bond acceptors (Lipinski definition) is 3. The molecule has 1 aromatic heterocycles. The molecule has 4 nitrogen and oxygen atoms in total. The van der Waals surface area contributed by atoms with E-state index in [1.54, 1.807) is 22.9 Å². The van der Waals surface area contributed by atoms with E-state index in [-0.39, 0.29) is 5.56 Å². The summed E-state index contributed by atoms with van der Waals surface area (Å²) in [4.78, 5) is 16.2. The molecule has 0 aliphatic rings. The van der Waals surface area contributed by atoms with Gasteiger partial charge in [-0.3, -0.25) is 4.79 Å². The SMILES string of the molecule is N#Cc1ccc(Cn2cc(-c3ccccc3)ncc2=O)cc1. The van der Waals surface area contributed by atoms with Crippen molar-refractivity contribution in [3.05, 3.63) is 88.5 Å². The molecule has 3 rings (SSSR count). The summed E-state index contributed by atoms with van der Waals surface area (Å²) in [5.74, 6) is 0. The molecule has 0 saturated carbocycles. The highest BCUT2D eigenvalue weighted by atomic mass is 16.1. The van der Waals surface area contributed by atoms with Crippen molar-refractivity contribution >= 4 is 0 Å². The second kappa shape index (κ2) is 6.06. The van der Waals surface area contributed by atoms with Gasteiger partial charge >= 0.3 is 0 Å². The standard InChI is InChI=1S/C18H13N3O/c19-10-14-6-8-15(9-7-14)12-21-13-17(20-11-18(21)22)16-4-2-1-3-5-16/h1-9,11,13H,12H2. The quantitative estimate of drug-likeness (QED) is 0.744. The molecule has 0 aliphatic heterocycles. The minimum atomic E-state index is -0.149. The van der Waals surface area contributed by atoms with Crippen molar-refractivity contribution in [2.45, 2.75) is 6.54 Å². The number of nitriles is 1. The Hall–Kier alpha value is -3.19. The summed E-state index contributed by atoms with van der Waals surface area (Å²) in [6.45, 7) is 0.451. The van der Waals surface area contributed by atoms with Gasteiger partial charge in [0, 0.05) is 11.8 Å². The topological polar surface area (TPSA) is 58.7 Å². The zero-order valence-corrected chi connectivity index (χ0v) is 11.8. The third-order valence-corrected chi connectivity index (χ3v) is 3.38. The molecule has 0 fully saturated rings. The van der Waals surface area contributed by atoms with Crippen molar-refractivity contribution in [1.82, 2.24) is 9.55 Å². The Kier molecular flexibility index (Phi) is 3.80. The fourth-order valence-corrected chi connectivity index (χ4v) is 2.21. The van der Waals surface area contributed by atoms with Gasteiger partial charge in [0.2, 0.25) is 0 Å². The first kappa shape index (κ1) is 13.8. The Morgan fingerprint density at radius 2 is 1.77 bits per heavy atom. The molecule has 3 aromatic rings. The molecule has 0 amide bonds. The summed E-state index contributed by atoms with van der Waals surface area (Å²) in [6.07, 6.45) is 3.10. The minimum Gasteiger partial charge on any atom is -0.308 e. The van der Waals surface area contributed by atoms with Gasteiger partial charge < -0.3 is 4.57 Å². The number of rotatable bonds is 3.